The molecule has 6 aromatic carbocycles. The summed E-state index contributed by atoms with van der Waals surface area (Å²) in [6.45, 7) is 0. The molecule has 0 amide bonds. The van der Waals surface area contributed by atoms with E-state index in [0.717, 1.165) is 49.9 Å². The van der Waals surface area contributed by atoms with E-state index in [2.05, 4.69) is 48.5 Å². The third kappa shape index (κ3) is 4.55. The lowest BCUT2D eigenvalue weighted by molar-refractivity contribution is 0.620. The Morgan fingerprint density at radius 3 is 1.59 bits per heavy atom. The van der Waals surface area contributed by atoms with E-state index in [9.17, 15) is 0 Å². The van der Waals surface area contributed by atoms with Crippen molar-refractivity contribution >= 4 is 42.6 Å². The first-order chi connectivity index (χ1) is 22.8. The van der Waals surface area contributed by atoms with Crippen LogP contribution in [0.2, 0.25) is 0 Å². The van der Waals surface area contributed by atoms with E-state index in [-0.39, 0.29) is 0 Å². The zero-order valence-electron chi connectivity index (χ0n) is 24.5. The highest BCUT2D eigenvalue weighted by Crippen LogP contribution is 2.44. The molecule has 0 spiro atoms. The third-order valence-corrected chi connectivity index (χ3v) is 9.30. The molecule has 0 N–H and O–H groups in total. The van der Waals surface area contributed by atoms with Crippen molar-refractivity contribution in [2.75, 3.05) is 0 Å². The number of fused-ring (bicyclic) bond motifs is 4. The lowest BCUT2D eigenvalue weighted by Gasteiger charge is -2.10. The molecule has 0 aliphatic carbocycles. The van der Waals surface area contributed by atoms with Gasteiger partial charge in [-0.2, -0.15) is 0 Å². The van der Waals surface area contributed by atoms with E-state index >= 15 is 0 Å². The third-order valence-electron chi connectivity index (χ3n) is 8.18. The van der Waals surface area contributed by atoms with Crippen molar-refractivity contribution in [2.24, 2.45) is 0 Å². The minimum absolute atomic E-state index is 0.618. The van der Waals surface area contributed by atoms with Gasteiger partial charge in [-0.25, -0.2) is 19.9 Å². The highest BCUT2D eigenvalue weighted by atomic mass is 32.1. The second-order valence-electron chi connectivity index (χ2n) is 11.1. The molecular weight excluding hydrogens is 585 g/mol. The van der Waals surface area contributed by atoms with Crippen LogP contribution < -0.4 is 0 Å². The van der Waals surface area contributed by atoms with Gasteiger partial charge in [0.25, 0.3) is 0 Å². The maximum absolute atomic E-state index is 6.13. The molecule has 0 aliphatic heterocycles. The first-order valence-corrected chi connectivity index (χ1v) is 15.9. The summed E-state index contributed by atoms with van der Waals surface area (Å²) in [7, 11) is 0. The summed E-state index contributed by atoms with van der Waals surface area (Å²) >= 11 is 1.78. The zero-order valence-corrected chi connectivity index (χ0v) is 25.3. The number of aromatic nitrogens is 4. The monoisotopic (exact) mass is 608 g/mol. The Bertz CT molecular complexity index is 2470. The van der Waals surface area contributed by atoms with Gasteiger partial charge in [0.1, 0.15) is 5.52 Å². The molecule has 216 valence electrons. The zero-order chi connectivity index (χ0) is 30.5. The van der Waals surface area contributed by atoms with Gasteiger partial charge in [0.2, 0.25) is 5.89 Å². The van der Waals surface area contributed by atoms with Crippen molar-refractivity contribution in [2.45, 2.75) is 0 Å². The Morgan fingerprint density at radius 2 is 0.957 bits per heavy atom. The molecule has 0 bridgehead atoms. The summed E-state index contributed by atoms with van der Waals surface area (Å²) in [4.78, 5) is 19.9. The topological polar surface area (TPSA) is 64.7 Å². The van der Waals surface area contributed by atoms with Gasteiger partial charge in [0.05, 0.1) is 0 Å². The van der Waals surface area contributed by atoms with Gasteiger partial charge in [-0.15, -0.1) is 11.3 Å². The van der Waals surface area contributed by atoms with Gasteiger partial charge >= 0.3 is 0 Å². The maximum Gasteiger partial charge on any atom is 0.227 e. The molecule has 3 heterocycles. The molecule has 0 atom stereocenters. The largest absolute Gasteiger partial charge is 0.436 e. The Balaban J connectivity index is 1.26. The van der Waals surface area contributed by atoms with Crippen LogP contribution in [-0.4, -0.2) is 19.9 Å². The summed E-state index contributed by atoms with van der Waals surface area (Å²) in [5.41, 5.74) is 7.61. The lowest BCUT2D eigenvalue weighted by Crippen LogP contribution is -2.00. The van der Waals surface area contributed by atoms with Crippen LogP contribution >= 0.6 is 11.3 Å². The Kier molecular flexibility index (Phi) is 6.25. The van der Waals surface area contributed by atoms with E-state index < -0.39 is 0 Å². The molecule has 0 radical (unpaired) electrons. The first kappa shape index (κ1) is 26.4. The molecule has 6 heteroatoms. The molecule has 9 rings (SSSR count). The molecule has 0 saturated carbocycles. The molecule has 9 aromatic rings. The highest BCUT2D eigenvalue weighted by Gasteiger charge is 2.19. The van der Waals surface area contributed by atoms with Gasteiger partial charge in [0.15, 0.2) is 23.1 Å². The molecule has 0 unspecified atom stereocenters. The number of hydrogen-bond acceptors (Lipinski definition) is 6. The average Bonchev–Trinajstić information content (AvgIpc) is 3.74. The smallest absolute Gasteiger partial charge is 0.227 e. The summed E-state index contributed by atoms with van der Waals surface area (Å²) in [5.74, 6) is 2.55. The van der Waals surface area contributed by atoms with Crippen molar-refractivity contribution in [3.8, 4) is 56.7 Å². The van der Waals surface area contributed by atoms with Crippen LogP contribution in [-0.2, 0) is 0 Å². The molecule has 0 fully saturated rings. The van der Waals surface area contributed by atoms with E-state index in [1.54, 1.807) is 11.3 Å². The fourth-order valence-electron chi connectivity index (χ4n) is 6.02. The van der Waals surface area contributed by atoms with E-state index in [0.29, 0.717) is 23.4 Å². The van der Waals surface area contributed by atoms with Crippen molar-refractivity contribution in [1.29, 1.82) is 0 Å². The summed E-state index contributed by atoms with van der Waals surface area (Å²) in [6.07, 6.45) is 0. The molecule has 5 nitrogen and oxygen atoms in total. The maximum atomic E-state index is 6.13. The standard InChI is InChI=1S/C40H24N4OS/c1-4-12-25(13-5-1)37-42-38(26-14-6-2-7-15-26)44-39(43-37)30-19-11-21-34-36(30)35-29(18-10-20-33(35)46-34)28-22-23-32-31(24-28)41-40(45-32)27-16-8-3-9-17-27/h1-24H. The van der Waals surface area contributed by atoms with E-state index in [4.69, 9.17) is 24.4 Å². The Labute approximate surface area is 268 Å². The normalized spacial score (nSPS) is 11.5. The molecule has 3 aromatic heterocycles. The number of hydrogen-bond donors (Lipinski definition) is 0. The fourth-order valence-corrected chi connectivity index (χ4v) is 7.18. The van der Waals surface area contributed by atoms with Gasteiger partial charge in [-0.3, -0.25) is 0 Å². The number of oxazole rings is 1. The van der Waals surface area contributed by atoms with Crippen molar-refractivity contribution < 1.29 is 4.42 Å². The molecular formula is C40H24N4OS. The first-order valence-electron chi connectivity index (χ1n) is 15.1. The number of benzene rings is 6. The Hall–Kier alpha value is -5.98. The second-order valence-corrected chi connectivity index (χ2v) is 12.1. The summed E-state index contributed by atoms with van der Waals surface area (Å²) in [6, 6.07) is 49.3. The summed E-state index contributed by atoms with van der Waals surface area (Å²) < 4.78 is 8.51. The fraction of sp³-hybridized carbons (Fsp3) is 0. The van der Waals surface area contributed by atoms with E-state index in [1.165, 1.54) is 14.8 Å². The van der Waals surface area contributed by atoms with Gasteiger partial charge in [-0.1, -0.05) is 109 Å². The molecule has 0 aliphatic rings. The average molecular weight is 609 g/mol. The number of thiophene rings is 1. The van der Waals surface area contributed by atoms with E-state index in [1.807, 2.05) is 97.1 Å². The van der Waals surface area contributed by atoms with Gasteiger partial charge in [0, 0.05) is 42.4 Å². The quantitative estimate of drug-likeness (QED) is 0.194. The van der Waals surface area contributed by atoms with Crippen molar-refractivity contribution in [3.05, 3.63) is 146 Å². The molecule has 46 heavy (non-hydrogen) atoms. The predicted octanol–water partition coefficient (Wildman–Crippen LogP) is 10.7. The van der Waals surface area contributed by atoms with Crippen LogP contribution in [0.3, 0.4) is 0 Å². The SMILES string of the molecule is c1ccc(-c2nc(-c3ccccc3)nc(-c3cccc4sc5cccc(-c6ccc7oc(-c8ccccc8)nc7c6)c5c34)n2)cc1. The van der Waals surface area contributed by atoms with Crippen LogP contribution in [0, 0.1) is 0 Å². The van der Waals surface area contributed by atoms with Gasteiger partial charge < -0.3 is 4.42 Å². The second kappa shape index (κ2) is 10.9. The van der Waals surface area contributed by atoms with Crippen molar-refractivity contribution in [3.63, 3.8) is 0 Å². The number of rotatable bonds is 5. The van der Waals surface area contributed by atoms with Crippen LogP contribution in [0.15, 0.2) is 150 Å². The van der Waals surface area contributed by atoms with Crippen LogP contribution in [0.5, 0.6) is 0 Å². The van der Waals surface area contributed by atoms with Crippen LogP contribution in [0.25, 0.3) is 88.0 Å². The van der Waals surface area contributed by atoms with Crippen molar-refractivity contribution in [1.82, 2.24) is 19.9 Å². The summed E-state index contributed by atoms with van der Waals surface area (Å²) in [5, 5.41) is 2.31. The van der Waals surface area contributed by atoms with Crippen LogP contribution in [0.1, 0.15) is 0 Å². The van der Waals surface area contributed by atoms with Gasteiger partial charge in [-0.05, 0) is 47.5 Å². The predicted molar refractivity (Wildman–Crippen MR) is 187 cm³/mol. The Morgan fingerprint density at radius 1 is 0.413 bits per heavy atom. The lowest BCUT2D eigenvalue weighted by atomic mass is 9.97. The minimum atomic E-state index is 0.618. The number of nitrogens with zero attached hydrogens (tertiary/aromatic N) is 4. The minimum Gasteiger partial charge on any atom is -0.436 e. The highest BCUT2D eigenvalue weighted by molar-refractivity contribution is 7.26. The van der Waals surface area contributed by atoms with Crippen LogP contribution in [0.4, 0.5) is 0 Å². The molecule has 0 saturated heterocycles.